The van der Waals surface area contributed by atoms with Crippen molar-refractivity contribution in [3.05, 3.63) is 0 Å². The van der Waals surface area contributed by atoms with Gasteiger partial charge in [-0.2, -0.15) is 0 Å². The van der Waals surface area contributed by atoms with Gasteiger partial charge in [-0.15, -0.1) is 0 Å². The summed E-state index contributed by atoms with van der Waals surface area (Å²) in [5.41, 5.74) is 0. The zero-order chi connectivity index (χ0) is 27.9. The van der Waals surface area contributed by atoms with Gasteiger partial charge in [0.25, 0.3) is 0 Å². The van der Waals surface area contributed by atoms with Gasteiger partial charge in [-0.05, 0) is 25.6 Å². The van der Waals surface area contributed by atoms with Crippen molar-refractivity contribution >= 4 is 23.7 Å². The molecule has 10 atom stereocenters. The first-order valence-corrected chi connectivity index (χ1v) is 11.0. The summed E-state index contributed by atoms with van der Waals surface area (Å²) in [5.74, 6) is -4.18. The first-order chi connectivity index (χ1) is 17.3. The predicted octanol–water partition coefficient (Wildman–Crippen LogP) is -11.6. The summed E-state index contributed by atoms with van der Waals surface area (Å²) in [4.78, 5) is 28.8. The number of nitrogens with zero attached hydrogens (tertiary/aromatic N) is 2. The zero-order valence-corrected chi connectivity index (χ0v) is 25.9. The molecule has 0 unspecified atom stereocenters. The van der Waals surface area contributed by atoms with Crippen LogP contribution in [-0.4, -0.2) is 142 Å². The Morgan fingerprint density at radius 3 is 1.74 bits per heavy atom. The fourth-order valence-electron chi connectivity index (χ4n) is 3.77. The van der Waals surface area contributed by atoms with Gasteiger partial charge < -0.3 is 64.5 Å². The van der Waals surface area contributed by atoms with Crippen LogP contribution in [0.2, 0.25) is 0 Å². The van der Waals surface area contributed by atoms with Crippen LogP contribution < -0.4 is 69.3 Å². The monoisotopic (exact) mass is 584 g/mol. The van der Waals surface area contributed by atoms with E-state index >= 15 is 0 Å². The Labute approximate surface area is 267 Å². The first-order valence-electron chi connectivity index (χ1n) is 11.0. The molecule has 2 rings (SSSR count). The van der Waals surface area contributed by atoms with Crippen molar-refractivity contribution in [2.45, 2.75) is 75.1 Å². The molecule has 0 saturated carbocycles. The van der Waals surface area contributed by atoms with E-state index in [1.54, 1.807) is 0 Å². The number of carboxylic acids is 2. The summed E-state index contributed by atoms with van der Waals surface area (Å²) < 4.78 is 26.6. The minimum atomic E-state index is -1.81. The average molecular weight is 584 g/mol. The number of aliphatic imine (C=N–C) groups is 2. The maximum absolute atomic E-state index is 11.7. The summed E-state index contributed by atoms with van der Waals surface area (Å²) in [5, 5.41) is 82.8. The van der Waals surface area contributed by atoms with E-state index in [1.165, 1.54) is 0 Å². The average Bonchev–Trinajstić information content (AvgIpc) is 2.78. The minimum absolute atomic E-state index is 0. The molecular formula is C20H30N2Na2O15. The normalized spacial score (nSPS) is 35.4. The third kappa shape index (κ3) is 11.7. The van der Waals surface area contributed by atoms with Crippen LogP contribution >= 0.6 is 0 Å². The van der Waals surface area contributed by atoms with E-state index in [0.717, 1.165) is 13.8 Å². The fourth-order valence-corrected chi connectivity index (χ4v) is 3.77. The summed E-state index contributed by atoms with van der Waals surface area (Å²) in [6.07, 6.45) is -13.0. The van der Waals surface area contributed by atoms with E-state index in [2.05, 4.69) is 9.98 Å². The first kappa shape index (κ1) is 38.5. The zero-order valence-electron chi connectivity index (χ0n) is 21.9. The second kappa shape index (κ2) is 18.1. The van der Waals surface area contributed by atoms with Gasteiger partial charge in [0.1, 0.15) is 61.9 Å². The quantitative estimate of drug-likeness (QED) is 0.0706. The molecule has 17 nitrogen and oxygen atoms in total. The van der Waals surface area contributed by atoms with Crippen molar-refractivity contribution in [3.8, 4) is 0 Å². The molecule has 2 fully saturated rings. The van der Waals surface area contributed by atoms with E-state index in [1.807, 2.05) is 0 Å². The number of aliphatic hydroxyl groups excluding tert-OH is 4. The van der Waals surface area contributed by atoms with Crippen LogP contribution in [0.5, 0.6) is 0 Å². The van der Waals surface area contributed by atoms with Gasteiger partial charge >= 0.3 is 71.1 Å². The third-order valence-electron chi connectivity index (χ3n) is 5.30. The van der Waals surface area contributed by atoms with E-state index in [4.69, 9.17) is 33.9 Å². The maximum Gasteiger partial charge on any atom is 1.00 e. The van der Waals surface area contributed by atoms with Crippen LogP contribution in [-0.2, 0) is 33.3 Å². The van der Waals surface area contributed by atoms with Crippen LogP contribution in [0.3, 0.4) is 0 Å². The molecular weight excluding hydrogens is 554 g/mol. The number of carboxylic acid groups (broad SMARTS) is 2. The standard InChI is InChI=1S/C20H32N2O15.2Na/c1-7(23)21-13-17(31)18(10(35-19(13)32)4-34-6-12(27)28)37-20-14(22-8(2)24)16(30)15(29)9(36-20)3-33-5-11(25)26;;/h9-10,13-20,29-32H,3-6H2,1-2H3,(H,21,23)(H,22,24)(H,25,26)(H,27,28);;/q;2*+1/p-2/t9-,10-,13-,14-,15-,16-,17-,18-,19-,20+;;/m1../s1. The molecule has 2 aliphatic heterocycles. The Balaban J connectivity index is 0.00000722. The van der Waals surface area contributed by atoms with Gasteiger partial charge in [0.2, 0.25) is 0 Å². The molecule has 0 aromatic rings. The summed E-state index contributed by atoms with van der Waals surface area (Å²) in [6.45, 7) is -0.460. The Morgan fingerprint density at radius 2 is 1.26 bits per heavy atom. The molecule has 212 valence electrons. The minimum Gasteiger partial charge on any atom is -0.862 e. The van der Waals surface area contributed by atoms with Gasteiger partial charge in [-0.1, -0.05) is 0 Å². The van der Waals surface area contributed by atoms with E-state index in [9.17, 15) is 40.2 Å². The Hall–Kier alpha value is -0.480. The molecule has 2 heterocycles. The van der Waals surface area contributed by atoms with Crippen molar-refractivity contribution in [3.63, 3.8) is 0 Å². The molecule has 0 amide bonds. The second-order valence-corrected chi connectivity index (χ2v) is 8.28. The SMILES string of the molecule is CC([O-])=N[C@@H]1[C@@H](O)[C@H](O[C@@H]2O[C@H](COCC(=O)O)[C@@H](O)[C@H](O)[C@H]2N=C(C)[O-])[C@@H](COCC(=O)O)O[C@H]1O.[Na+].[Na+]. The van der Waals surface area contributed by atoms with Crippen LogP contribution in [0.1, 0.15) is 13.8 Å². The van der Waals surface area contributed by atoms with Gasteiger partial charge in [-0.25, -0.2) is 9.59 Å². The Bertz CT molecular complexity index is 842. The topological polar surface area (TPSA) is 273 Å². The predicted molar refractivity (Wildman–Crippen MR) is 113 cm³/mol. The largest absolute Gasteiger partial charge is 1.00 e. The number of hydrogen-bond acceptors (Lipinski definition) is 15. The molecule has 39 heavy (non-hydrogen) atoms. The van der Waals surface area contributed by atoms with Gasteiger partial charge in [0, 0.05) is 0 Å². The molecule has 0 aromatic carbocycles. The fraction of sp³-hybridized carbons (Fsp3) is 0.800. The van der Waals surface area contributed by atoms with Crippen molar-refractivity contribution in [1.82, 2.24) is 0 Å². The Kier molecular flexibility index (Phi) is 17.9. The van der Waals surface area contributed by atoms with Crippen LogP contribution in [0, 0.1) is 0 Å². The molecule has 0 aromatic heterocycles. The van der Waals surface area contributed by atoms with Gasteiger partial charge in [0.05, 0.1) is 13.2 Å². The summed E-state index contributed by atoms with van der Waals surface area (Å²) in [7, 11) is 0. The number of aliphatic hydroxyl groups is 4. The number of ether oxygens (including phenoxy) is 5. The van der Waals surface area contributed by atoms with E-state index < -0.39 is 111 Å². The molecule has 19 heteroatoms. The third-order valence-corrected chi connectivity index (χ3v) is 5.30. The number of rotatable bonds is 12. The number of carbonyl (C=O) groups is 2. The Morgan fingerprint density at radius 1 is 0.769 bits per heavy atom. The van der Waals surface area contributed by atoms with E-state index in [-0.39, 0.29) is 59.1 Å². The van der Waals surface area contributed by atoms with Crippen molar-refractivity contribution in [2.24, 2.45) is 9.98 Å². The molecule has 0 spiro atoms. The van der Waals surface area contributed by atoms with Crippen LogP contribution in [0.4, 0.5) is 0 Å². The maximum atomic E-state index is 11.7. The smallest absolute Gasteiger partial charge is 0.862 e. The van der Waals surface area contributed by atoms with Crippen molar-refractivity contribution in [2.75, 3.05) is 26.4 Å². The molecule has 6 N–H and O–H groups in total. The molecule has 2 saturated heterocycles. The molecule has 2 aliphatic rings. The van der Waals surface area contributed by atoms with Gasteiger partial charge in [-0.3, -0.25) is 9.98 Å². The van der Waals surface area contributed by atoms with Crippen LogP contribution in [0.15, 0.2) is 9.98 Å². The second-order valence-electron chi connectivity index (χ2n) is 8.28. The van der Waals surface area contributed by atoms with Gasteiger partial charge in [0.15, 0.2) is 12.6 Å². The molecule has 0 radical (unpaired) electrons. The van der Waals surface area contributed by atoms with E-state index in [0.29, 0.717) is 0 Å². The summed E-state index contributed by atoms with van der Waals surface area (Å²) in [6, 6.07) is -3.10. The number of hydrogen-bond donors (Lipinski definition) is 6. The summed E-state index contributed by atoms with van der Waals surface area (Å²) >= 11 is 0. The molecule has 0 bridgehead atoms. The molecule has 0 aliphatic carbocycles. The van der Waals surface area contributed by atoms with Crippen LogP contribution in [0.25, 0.3) is 0 Å². The van der Waals surface area contributed by atoms with Crippen molar-refractivity contribution in [1.29, 1.82) is 0 Å². The van der Waals surface area contributed by atoms with Crippen molar-refractivity contribution < 1.29 is 133 Å². The number of aliphatic carboxylic acids is 2.